The van der Waals surface area contributed by atoms with Gasteiger partial charge in [0.1, 0.15) is 11.3 Å². The fourth-order valence-corrected chi connectivity index (χ4v) is 3.87. The SMILES string of the molecule is c1ccc2oc(CN3CCCC[C@@H]3CN3CCOCC3)cc2c1. The van der Waals surface area contributed by atoms with Gasteiger partial charge in [0.2, 0.25) is 0 Å². The Morgan fingerprint density at radius 1 is 1.04 bits per heavy atom. The molecule has 0 bridgehead atoms. The van der Waals surface area contributed by atoms with Gasteiger partial charge in [-0.2, -0.15) is 0 Å². The van der Waals surface area contributed by atoms with Gasteiger partial charge in [-0.25, -0.2) is 0 Å². The lowest BCUT2D eigenvalue weighted by Crippen LogP contribution is -2.49. The highest BCUT2D eigenvalue weighted by molar-refractivity contribution is 5.77. The number of rotatable bonds is 4. The highest BCUT2D eigenvalue weighted by Crippen LogP contribution is 2.24. The smallest absolute Gasteiger partial charge is 0.134 e. The molecular formula is C19H26N2O2. The van der Waals surface area contributed by atoms with Crippen LogP contribution in [0.5, 0.6) is 0 Å². The molecule has 0 unspecified atom stereocenters. The van der Waals surface area contributed by atoms with Gasteiger partial charge < -0.3 is 9.15 Å². The van der Waals surface area contributed by atoms with Crippen LogP contribution >= 0.6 is 0 Å². The quantitative estimate of drug-likeness (QED) is 0.867. The molecule has 1 atom stereocenters. The van der Waals surface area contributed by atoms with Crippen molar-refractivity contribution in [1.82, 2.24) is 9.80 Å². The molecule has 23 heavy (non-hydrogen) atoms. The van der Waals surface area contributed by atoms with E-state index in [4.69, 9.17) is 9.15 Å². The van der Waals surface area contributed by atoms with Gasteiger partial charge in [-0.3, -0.25) is 9.80 Å². The summed E-state index contributed by atoms with van der Waals surface area (Å²) in [5.41, 5.74) is 1.00. The van der Waals surface area contributed by atoms with Crippen LogP contribution in [0.2, 0.25) is 0 Å². The first kappa shape index (κ1) is 15.2. The first-order valence-corrected chi connectivity index (χ1v) is 8.90. The number of fused-ring (bicyclic) bond motifs is 1. The van der Waals surface area contributed by atoms with Gasteiger partial charge >= 0.3 is 0 Å². The topological polar surface area (TPSA) is 28.9 Å². The summed E-state index contributed by atoms with van der Waals surface area (Å²) in [4.78, 5) is 5.18. The molecule has 2 aliphatic heterocycles. The molecule has 2 saturated heterocycles. The average Bonchev–Trinajstić information content (AvgIpc) is 3.00. The van der Waals surface area contributed by atoms with E-state index in [1.165, 1.54) is 37.7 Å². The van der Waals surface area contributed by atoms with E-state index >= 15 is 0 Å². The Bertz CT molecular complexity index is 600. The monoisotopic (exact) mass is 314 g/mol. The number of hydrogen-bond donors (Lipinski definition) is 0. The van der Waals surface area contributed by atoms with Gasteiger partial charge in [-0.05, 0) is 31.5 Å². The molecule has 0 spiro atoms. The van der Waals surface area contributed by atoms with E-state index in [2.05, 4.69) is 34.1 Å². The first-order valence-electron chi connectivity index (χ1n) is 8.90. The van der Waals surface area contributed by atoms with Crippen molar-refractivity contribution >= 4 is 11.0 Å². The van der Waals surface area contributed by atoms with Crippen molar-refractivity contribution in [1.29, 1.82) is 0 Å². The Kier molecular flexibility index (Phi) is 4.64. The van der Waals surface area contributed by atoms with Crippen LogP contribution in [0.1, 0.15) is 25.0 Å². The maximum atomic E-state index is 6.03. The number of benzene rings is 1. The van der Waals surface area contributed by atoms with Crippen LogP contribution in [0, 0.1) is 0 Å². The molecule has 2 fully saturated rings. The molecule has 1 aromatic carbocycles. The Balaban J connectivity index is 1.44. The van der Waals surface area contributed by atoms with Crippen LogP contribution in [0.15, 0.2) is 34.7 Å². The molecule has 0 saturated carbocycles. The molecule has 0 radical (unpaired) electrons. The number of ether oxygens (including phenoxy) is 1. The molecule has 0 amide bonds. The number of hydrogen-bond acceptors (Lipinski definition) is 4. The minimum atomic E-state index is 0.648. The van der Waals surface area contributed by atoms with Gasteiger partial charge in [0.05, 0.1) is 19.8 Å². The van der Waals surface area contributed by atoms with E-state index in [0.717, 1.165) is 44.2 Å². The molecule has 4 rings (SSSR count). The molecule has 0 aliphatic carbocycles. The van der Waals surface area contributed by atoms with E-state index in [0.29, 0.717) is 6.04 Å². The minimum absolute atomic E-state index is 0.648. The van der Waals surface area contributed by atoms with Crippen molar-refractivity contribution in [2.24, 2.45) is 0 Å². The third-order valence-electron chi connectivity index (χ3n) is 5.16. The third kappa shape index (κ3) is 3.60. The van der Waals surface area contributed by atoms with Crippen LogP contribution in [0.25, 0.3) is 11.0 Å². The van der Waals surface area contributed by atoms with Crippen LogP contribution in [0.3, 0.4) is 0 Å². The van der Waals surface area contributed by atoms with E-state index in [9.17, 15) is 0 Å². The van der Waals surface area contributed by atoms with Crippen molar-refractivity contribution in [3.8, 4) is 0 Å². The molecule has 2 aromatic rings. The van der Waals surface area contributed by atoms with Crippen molar-refractivity contribution in [2.45, 2.75) is 31.8 Å². The van der Waals surface area contributed by atoms with Gasteiger partial charge in [0.15, 0.2) is 0 Å². The fraction of sp³-hybridized carbons (Fsp3) is 0.579. The summed E-state index contributed by atoms with van der Waals surface area (Å²) < 4.78 is 11.5. The number of morpholine rings is 1. The van der Waals surface area contributed by atoms with Crippen LogP contribution in [-0.4, -0.2) is 55.2 Å². The summed E-state index contributed by atoms with van der Waals surface area (Å²) in [6.45, 7) is 7.22. The van der Waals surface area contributed by atoms with Gasteiger partial charge in [0, 0.05) is 31.1 Å². The predicted octanol–water partition coefficient (Wildman–Crippen LogP) is 3.12. The zero-order valence-electron chi connectivity index (χ0n) is 13.7. The molecule has 4 nitrogen and oxygen atoms in total. The molecule has 124 valence electrons. The number of piperidine rings is 1. The number of nitrogens with zero attached hydrogens (tertiary/aromatic N) is 2. The lowest BCUT2D eigenvalue weighted by Gasteiger charge is -2.39. The molecule has 2 aliphatic rings. The van der Waals surface area contributed by atoms with Gasteiger partial charge in [-0.15, -0.1) is 0 Å². The number of para-hydroxylation sites is 1. The fourth-order valence-electron chi connectivity index (χ4n) is 3.87. The van der Waals surface area contributed by atoms with Crippen molar-refractivity contribution in [3.05, 3.63) is 36.1 Å². The minimum Gasteiger partial charge on any atom is -0.460 e. The summed E-state index contributed by atoms with van der Waals surface area (Å²) in [7, 11) is 0. The first-order chi connectivity index (χ1) is 11.4. The van der Waals surface area contributed by atoms with Gasteiger partial charge in [0.25, 0.3) is 0 Å². The summed E-state index contributed by atoms with van der Waals surface area (Å²) in [6, 6.07) is 11.1. The molecule has 1 aromatic heterocycles. The largest absolute Gasteiger partial charge is 0.460 e. The maximum Gasteiger partial charge on any atom is 0.134 e. The number of likely N-dealkylation sites (tertiary alicyclic amines) is 1. The molecule has 4 heteroatoms. The lowest BCUT2D eigenvalue weighted by atomic mass is 10.0. The summed E-state index contributed by atoms with van der Waals surface area (Å²) in [5, 5.41) is 1.21. The van der Waals surface area contributed by atoms with Crippen LogP contribution in [0.4, 0.5) is 0 Å². The van der Waals surface area contributed by atoms with E-state index in [1.807, 2.05) is 6.07 Å². The average molecular weight is 314 g/mol. The highest BCUT2D eigenvalue weighted by atomic mass is 16.5. The van der Waals surface area contributed by atoms with E-state index < -0.39 is 0 Å². The zero-order valence-corrected chi connectivity index (χ0v) is 13.7. The maximum absolute atomic E-state index is 6.03. The van der Waals surface area contributed by atoms with E-state index in [1.54, 1.807) is 0 Å². The Labute approximate surface area is 138 Å². The second-order valence-electron chi connectivity index (χ2n) is 6.78. The molecule has 0 N–H and O–H groups in total. The lowest BCUT2D eigenvalue weighted by molar-refractivity contribution is 0.0143. The van der Waals surface area contributed by atoms with Crippen molar-refractivity contribution in [2.75, 3.05) is 39.4 Å². The second kappa shape index (κ2) is 7.04. The molecule has 3 heterocycles. The Morgan fingerprint density at radius 3 is 2.78 bits per heavy atom. The highest BCUT2D eigenvalue weighted by Gasteiger charge is 2.26. The van der Waals surface area contributed by atoms with Crippen molar-refractivity contribution < 1.29 is 9.15 Å². The predicted molar refractivity (Wildman–Crippen MR) is 91.5 cm³/mol. The normalized spacial score (nSPS) is 24.3. The molecular weight excluding hydrogens is 288 g/mol. The Morgan fingerprint density at radius 2 is 1.91 bits per heavy atom. The summed E-state index contributed by atoms with van der Waals surface area (Å²) in [5.74, 6) is 1.10. The summed E-state index contributed by atoms with van der Waals surface area (Å²) in [6.07, 6.45) is 3.96. The Hall–Kier alpha value is -1.36. The standard InChI is InChI=1S/C19H26N2O2/c1-2-7-19-16(5-1)13-18(23-19)15-21-8-4-3-6-17(21)14-20-9-11-22-12-10-20/h1-2,5,7,13,17H,3-4,6,8-12,14-15H2/t17-/m1/s1. The number of furan rings is 1. The van der Waals surface area contributed by atoms with E-state index in [-0.39, 0.29) is 0 Å². The van der Waals surface area contributed by atoms with Crippen LogP contribution in [-0.2, 0) is 11.3 Å². The summed E-state index contributed by atoms with van der Waals surface area (Å²) >= 11 is 0. The zero-order chi connectivity index (χ0) is 15.5. The van der Waals surface area contributed by atoms with Gasteiger partial charge in [-0.1, -0.05) is 24.6 Å². The third-order valence-corrected chi connectivity index (χ3v) is 5.16. The van der Waals surface area contributed by atoms with Crippen LogP contribution < -0.4 is 0 Å². The van der Waals surface area contributed by atoms with Crippen molar-refractivity contribution in [3.63, 3.8) is 0 Å². The second-order valence-corrected chi connectivity index (χ2v) is 6.78.